The van der Waals surface area contributed by atoms with Crippen LogP contribution in [-0.2, 0) is 0 Å². The van der Waals surface area contributed by atoms with Crippen LogP contribution in [0.15, 0.2) is 42.6 Å². The van der Waals surface area contributed by atoms with E-state index in [1.165, 1.54) is 11.3 Å². The van der Waals surface area contributed by atoms with Crippen LogP contribution in [0.5, 0.6) is 0 Å². The van der Waals surface area contributed by atoms with E-state index >= 15 is 0 Å². The molecule has 3 rings (SSSR count). The van der Waals surface area contributed by atoms with Crippen LogP contribution in [0.4, 0.5) is 11.5 Å². The quantitative estimate of drug-likeness (QED) is 0.863. The number of aryl methyl sites for hydroxylation is 1. The zero-order chi connectivity index (χ0) is 17.8. The zero-order valence-corrected chi connectivity index (χ0v) is 15.3. The van der Waals surface area contributed by atoms with Crippen LogP contribution in [0.2, 0.25) is 0 Å². The highest BCUT2D eigenvalue weighted by Gasteiger charge is 2.23. The van der Waals surface area contributed by atoms with Crippen molar-refractivity contribution in [3.05, 3.63) is 53.7 Å². The van der Waals surface area contributed by atoms with Crippen molar-refractivity contribution in [2.75, 3.05) is 50.1 Å². The van der Waals surface area contributed by atoms with Gasteiger partial charge in [0, 0.05) is 52.2 Å². The number of nitrogens with zero attached hydrogens (tertiary/aromatic N) is 4. The van der Waals surface area contributed by atoms with Gasteiger partial charge in [-0.2, -0.15) is 0 Å². The number of benzene rings is 1. The molecular formula is C20H26N4O. The number of pyridine rings is 1. The summed E-state index contributed by atoms with van der Waals surface area (Å²) in [6.45, 7) is 5.44. The molecule has 0 aliphatic carbocycles. The molecule has 132 valence electrons. The number of aromatic nitrogens is 1. The minimum Gasteiger partial charge on any atom is -0.370 e. The molecular weight excluding hydrogens is 312 g/mol. The Morgan fingerprint density at radius 3 is 2.52 bits per heavy atom. The van der Waals surface area contributed by atoms with Crippen LogP contribution >= 0.6 is 0 Å². The van der Waals surface area contributed by atoms with Crippen LogP contribution in [-0.4, -0.2) is 56.1 Å². The van der Waals surface area contributed by atoms with Crippen LogP contribution in [0, 0.1) is 6.92 Å². The summed E-state index contributed by atoms with van der Waals surface area (Å²) in [5, 5.41) is 0. The lowest BCUT2D eigenvalue weighted by Gasteiger charge is -2.25. The van der Waals surface area contributed by atoms with Crippen molar-refractivity contribution in [3.8, 4) is 0 Å². The van der Waals surface area contributed by atoms with E-state index < -0.39 is 0 Å². The second-order valence-electron chi connectivity index (χ2n) is 6.74. The number of carbonyl (C=O) groups is 1. The molecule has 0 saturated carbocycles. The number of amides is 1. The summed E-state index contributed by atoms with van der Waals surface area (Å²) in [4.78, 5) is 23.6. The Labute approximate surface area is 149 Å². The molecule has 2 aromatic rings. The summed E-state index contributed by atoms with van der Waals surface area (Å²) >= 11 is 0. The minimum atomic E-state index is 0.0718. The highest BCUT2D eigenvalue weighted by Crippen LogP contribution is 2.20. The SMILES string of the molecule is Cc1ccc(N2CCCN(C(=O)c3cccnc3N(C)C)CC2)cc1. The maximum absolute atomic E-state index is 13.0. The monoisotopic (exact) mass is 338 g/mol. The summed E-state index contributed by atoms with van der Waals surface area (Å²) in [5.41, 5.74) is 3.18. The lowest BCUT2D eigenvalue weighted by atomic mass is 10.2. The zero-order valence-electron chi connectivity index (χ0n) is 15.3. The fourth-order valence-corrected chi connectivity index (χ4v) is 3.22. The fraction of sp³-hybridized carbons (Fsp3) is 0.400. The van der Waals surface area contributed by atoms with Gasteiger partial charge in [-0.25, -0.2) is 4.98 Å². The largest absolute Gasteiger partial charge is 0.370 e. The molecule has 0 N–H and O–H groups in total. The average molecular weight is 338 g/mol. The van der Waals surface area contributed by atoms with Gasteiger partial charge in [-0.1, -0.05) is 17.7 Å². The van der Waals surface area contributed by atoms with E-state index in [1.54, 1.807) is 6.20 Å². The highest BCUT2D eigenvalue weighted by molar-refractivity contribution is 5.98. The van der Waals surface area contributed by atoms with Gasteiger partial charge in [0.15, 0.2) is 0 Å². The maximum Gasteiger partial charge on any atom is 0.257 e. The number of hydrogen-bond donors (Lipinski definition) is 0. The molecule has 1 saturated heterocycles. The standard InChI is InChI=1S/C20H26N4O/c1-16-7-9-17(10-8-16)23-12-5-13-24(15-14-23)20(25)18-6-4-11-21-19(18)22(2)3/h4,6-11H,5,12-15H2,1-3H3. The van der Waals surface area contributed by atoms with Crippen molar-refractivity contribution in [1.82, 2.24) is 9.88 Å². The Hall–Kier alpha value is -2.56. The molecule has 0 spiro atoms. The van der Waals surface area contributed by atoms with E-state index in [4.69, 9.17) is 0 Å². The molecule has 2 heterocycles. The van der Waals surface area contributed by atoms with Crippen molar-refractivity contribution in [1.29, 1.82) is 0 Å². The van der Waals surface area contributed by atoms with Gasteiger partial charge < -0.3 is 14.7 Å². The molecule has 1 aromatic carbocycles. The Kier molecular flexibility index (Phi) is 5.22. The van der Waals surface area contributed by atoms with Crippen molar-refractivity contribution < 1.29 is 4.79 Å². The molecule has 5 nitrogen and oxygen atoms in total. The highest BCUT2D eigenvalue weighted by atomic mass is 16.2. The first-order chi connectivity index (χ1) is 12.1. The first kappa shape index (κ1) is 17.3. The predicted octanol–water partition coefficient (Wildman–Crippen LogP) is 2.81. The van der Waals surface area contributed by atoms with E-state index in [0.717, 1.165) is 38.4 Å². The van der Waals surface area contributed by atoms with Gasteiger partial charge in [-0.05, 0) is 37.6 Å². The van der Waals surface area contributed by atoms with Gasteiger partial charge in [0.1, 0.15) is 5.82 Å². The predicted molar refractivity (Wildman–Crippen MR) is 102 cm³/mol. The second-order valence-corrected chi connectivity index (χ2v) is 6.74. The van der Waals surface area contributed by atoms with Gasteiger partial charge in [0.05, 0.1) is 5.56 Å². The lowest BCUT2D eigenvalue weighted by Crippen LogP contribution is -2.36. The Bertz CT molecular complexity index is 727. The molecule has 0 unspecified atom stereocenters. The number of carbonyl (C=O) groups excluding carboxylic acids is 1. The lowest BCUT2D eigenvalue weighted by molar-refractivity contribution is 0.0767. The molecule has 0 radical (unpaired) electrons. The van der Waals surface area contributed by atoms with Crippen molar-refractivity contribution in [2.24, 2.45) is 0 Å². The summed E-state index contributed by atoms with van der Waals surface area (Å²) in [5.74, 6) is 0.801. The number of rotatable bonds is 3. The Balaban J connectivity index is 1.73. The van der Waals surface area contributed by atoms with Crippen LogP contribution < -0.4 is 9.80 Å². The molecule has 1 amide bonds. The van der Waals surface area contributed by atoms with Gasteiger partial charge >= 0.3 is 0 Å². The van der Waals surface area contributed by atoms with Crippen LogP contribution in [0.1, 0.15) is 22.3 Å². The van der Waals surface area contributed by atoms with Gasteiger partial charge in [-0.15, -0.1) is 0 Å². The maximum atomic E-state index is 13.0. The second kappa shape index (κ2) is 7.55. The summed E-state index contributed by atoms with van der Waals surface area (Å²) < 4.78 is 0. The number of hydrogen-bond acceptors (Lipinski definition) is 4. The van der Waals surface area contributed by atoms with Gasteiger partial charge in [0.25, 0.3) is 5.91 Å². The van der Waals surface area contributed by atoms with E-state index in [0.29, 0.717) is 5.56 Å². The van der Waals surface area contributed by atoms with Crippen molar-refractivity contribution >= 4 is 17.4 Å². The van der Waals surface area contributed by atoms with E-state index in [-0.39, 0.29) is 5.91 Å². The Morgan fingerprint density at radius 1 is 1.04 bits per heavy atom. The van der Waals surface area contributed by atoms with Gasteiger partial charge in [-0.3, -0.25) is 4.79 Å². The summed E-state index contributed by atoms with van der Waals surface area (Å²) in [6, 6.07) is 12.3. The molecule has 1 fully saturated rings. The third-order valence-electron chi connectivity index (χ3n) is 4.62. The minimum absolute atomic E-state index is 0.0718. The average Bonchev–Trinajstić information content (AvgIpc) is 2.88. The van der Waals surface area contributed by atoms with E-state index in [1.807, 2.05) is 36.0 Å². The molecule has 25 heavy (non-hydrogen) atoms. The smallest absolute Gasteiger partial charge is 0.257 e. The molecule has 0 atom stereocenters. The van der Waals surface area contributed by atoms with E-state index in [9.17, 15) is 4.79 Å². The first-order valence-electron chi connectivity index (χ1n) is 8.79. The van der Waals surface area contributed by atoms with Crippen molar-refractivity contribution in [3.63, 3.8) is 0 Å². The van der Waals surface area contributed by atoms with Crippen molar-refractivity contribution in [2.45, 2.75) is 13.3 Å². The van der Waals surface area contributed by atoms with Crippen LogP contribution in [0.25, 0.3) is 0 Å². The number of anilines is 2. The topological polar surface area (TPSA) is 39.7 Å². The Morgan fingerprint density at radius 2 is 1.80 bits per heavy atom. The molecule has 0 bridgehead atoms. The van der Waals surface area contributed by atoms with Gasteiger partial charge in [0.2, 0.25) is 0 Å². The first-order valence-corrected chi connectivity index (χ1v) is 8.79. The fourth-order valence-electron chi connectivity index (χ4n) is 3.22. The normalized spacial score (nSPS) is 15.0. The third-order valence-corrected chi connectivity index (χ3v) is 4.62. The molecule has 1 aromatic heterocycles. The van der Waals surface area contributed by atoms with E-state index in [2.05, 4.69) is 41.1 Å². The van der Waals surface area contributed by atoms with Crippen LogP contribution in [0.3, 0.4) is 0 Å². The molecule has 1 aliphatic heterocycles. The summed E-state index contributed by atoms with van der Waals surface area (Å²) in [6.07, 6.45) is 2.70. The molecule has 5 heteroatoms. The molecule has 1 aliphatic rings. The summed E-state index contributed by atoms with van der Waals surface area (Å²) in [7, 11) is 3.83. The third kappa shape index (κ3) is 3.92.